The number of carbonyl (C=O) groups is 1. The van der Waals surface area contributed by atoms with Gasteiger partial charge in [-0.15, -0.1) is 0 Å². The van der Waals surface area contributed by atoms with Gasteiger partial charge in [-0.3, -0.25) is 0 Å². The molecule has 2 heteroatoms. The van der Waals surface area contributed by atoms with E-state index in [1.807, 2.05) is 0 Å². The molecule has 0 N–H and O–H groups in total. The minimum Gasteiger partial charge on any atom is -0.455 e. The molecule has 0 aromatic heterocycles. The molecule has 2 nitrogen and oxygen atoms in total. The summed E-state index contributed by atoms with van der Waals surface area (Å²) in [5, 5.41) is 0. The molecule has 0 saturated heterocycles. The molecule has 0 aromatic rings. The zero-order chi connectivity index (χ0) is 14.6. The Morgan fingerprint density at radius 1 is 1.15 bits per heavy atom. The van der Waals surface area contributed by atoms with Crippen molar-refractivity contribution in [2.24, 2.45) is 11.8 Å². The first-order valence-corrected chi connectivity index (χ1v) is 8.46. The van der Waals surface area contributed by atoms with E-state index in [0.717, 1.165) is 18.8 Å². The predicted molar refractivity (Wildman–Crippen MR) is 82.5 cm³/mol. The van der Waals surface area contributed by atoms with Gasteiger partial charge in [0.25, 0.3) is 0 Å². The highest BCUT2D eigenvalue weighted by molar-refractivity contribution is 5.87. The quantitative estimate of drug-likeness (QED) is 0.533. The molecule has 0 bridgehead atoms. The summed E-state index contributed by atoms with van der Waals surface area (Å²) in [6.45, 7) is 7.79. The van der Waals surface area contributed by atoms with Crippen molar-refractivity contribution < 1.29 is 9.53 Å². The van der Waals surface area contributed by atoms with Gasteiger partial charge in [-0.05, 0) is 57.3 Å². The summed E-state index contributed by atoms with van der Waals surface area (Å²) in [5.41, 5.74) is 0.361. The molecule has 114 valence electrons. The van der Waals surface area contributed by atoms with Gasteiger partial charge >= 0.3 is 5.97 Å². The van der Waals surface area contributed by atoms with Crippen molar-refractivity contribution in [1.82, 2.24) is 0 Å². The van der Waals surface area contributed by atoms with Crippen LogP contribution in [0.1, 0.15) is 78.1 Å². The minimum absolute atomic E-state index is 0.175. The van der Waals surface area contributed by atoms with E-state index in [9.17, 15) is 4.79 Å². The lowest BCUT2D eigenvalue weighted by Gasteiger charge is -2.46. The fraction of sp³-hybridized carbons (Fsp3) is 0.833. The monoisotopic (exact) mass is 278 g/mol. The molecule has 2 rings (SSSR count). The van der Waals surface area contributed by atoms with Gasteiger partial charge in [0.1, 0.15) is 5.60 Å². The molecule has 2 saturated carbocycles. The van der Waals surface area contributed by atoms with Gasteiger partial charge in [-0.2, -0.15) is 0 Å². The van der Waals surface area contributed by atoms with Gasteiger partial charge < -0.3 is 4.74 Å². The Morgan fingerprint density at radius 3 is 2.25 bits per heavy atom. The largest absolute Gasteiger partial charge is 0.455 e. The van der Waals surface area contributed by atoms with Gasteiger partial charge in [0, 0.05) is 5.57 Å². The Kier molecular flexibility index (Phi) is 5.29. The SMILES string of the molecule is C=C(C)C(=O)OC1(C2CCCCC2)CCC(CC)CC1. The predicted octanol–water partition coefficient (Wildman–Crippen LogP) is 5.03. The topological polar surface area (TPSA) is 26.3 Å². The Morgan fingerprint density at radius 2 is 1.75 bits per heavy atom. The van der Waals surface area contributed by atoms with E-state index in [-0.39, 0.29) is 11.6 Å². The van der Waals surface area contributed by atoms with Crippen molar-refractivity contribution in [3.05, 3.63) is 12.2 Å². The highest BCUT2D eigenvalue weighted by Crippen LogP contribution is 2.46. The summed E-state index contributed by atoms with van der Waals surface area (Å²) in [7, 11) is 0. The van der Waals surface area contributed by atoms with E-state index < -0.39 is 0 Å². The van der Waals surface area contributed by atoms with Crippen LogP contribution in [0.2, 0.25) is 0 Å². The standard InChI is InChI=1S/C18H30O2/c1-4-15-10-12-18(13-11-15,20-17(19)14(2)3)16-8-6-5-7-9-16/h15-16H,2,4-13H2,1,3H3. The van der Waals surface area contributed by atoms with Crippen LogP contribution in [0, 0.1) is 11.8 Å². The molecule has 2 aliphatic carbocycles. The smallest absolute Gasteiger partial charge is 0.333 e. The van der Waals surface area contributed by atoms with Crippen molar-refractivity contribution in [3.63, 3.8) is 0 Å². The van der Waals surface area contributed by atoms with Gasteiger partial charge in [-0.25, -0.2) is 4.79 Å². The van der Waals surface area contributed by atoms with E-state index >= 15 is 0 Å². The van der Waals surface area contributed by atoms with E-state index in [1.165, 1.54) is 51.4 Å². The van der Waals surface area contributed by atoms with E-state index in [0.29, 0.717) is 11.5 Å². The van der Waals surface area contributed by atoms with E-state index in [4.69, 9.17) is 4.74 Å². The maximum atomic E-state index is 12.1. The zero-order valence-electron chi connectivity index (χ0n) is 13.2. The first-order chi connectivity index (χ1) is 9.57. The Bertz CT molecular complexity index is 344. The Hall–Kier alpha value is -0.790. The molecule has 0 radical (unpaired) electrons. The van der Waals surface area contributed by atoms with Crippen molar-refractivity contribution in [2.45, 2.75) is 83.7 Å². The van der Waals surface area contributed by atoms with Crippen molar-refractivity contribution in [3.8, 4) is 0 Å². The van der Waals surface area contributed by atoms with Crippen LogP contribution in [0.3, 0.4) is 0 Å². The summed E-state index contributed by atoms with van der Waals surface area (Å²) in [4.78, 5) is 12.1. The van der Waals surface area contributed by atoms with Gasteiger partial charge in [0.15, 0.2) is 0 Å². The van der Waals surface area contributed by atoms with Crippen LogP contribution in [0.5, 0.6) is 0 Å². The lowest BCUT2D eigenvalue weighted by molar-refractivity contribution is -0.170. The average Bonchev–Trinajstić information content (AvgIpc) is 2.48. The lowest BCUT2D eigenvalue weighted by Crippen LogP contribution is -2.46. The fourth-order valence-electron chi connectivity index (χ4n) is 4.07. The van der Waals surface area contributed by atoms with Crippen molar-refractivity contribution >= 4 is 5.97 Å². The second-order valence-electron chi connectivity index (χ2n) is 6.92. The Balaban J connectivity index is 2.10. The Labute approximate surface area is 124 Å². The van der Waals surface area contributed by atoms with Crippen LogP contribution in [0.15, 0.2) is 12.2 Å². The normalized spacial score (nSPS) is 31.8. The molecule has 2 fully saturated rings. The number of hydrogen-bond acceptors (Lipinski definition) is 2. The number of esters is 1. The molecule has 20 heavy (non-hydrogen) atoms. The van der Waals surface area contributed by atoms with Crippen LogP contribution in [-0.4, -0.2) is 11.6 Å². The fourth-order valence-corrected chi connectivity index (χ4v) is 4.07. The molecular weight excluding hydrogens is 248 g/mol. The van der Waals surface area contributed by atoms with Crippen molar-refractivity contribution in [2.75, 3.05) is 0 Å². The third-order valence-electron chi connectivity index (χ3n) is 5.52. The second kappa shape index (κ2) is 6.78. The molecule has 0 amide bonds. The van der Waals surface area contributed by atoms with Crippen LogP contribution in [0.4, 0.5) is 0 Å². The molecule has 0 unspecified atom stereocenters. The van der Waals surface area contributed by atoms with E-state index in [1.54, 1.807) is 6.92 Å². The number of carbonyl (C=O) groups excluding carboxylic acids is 1. The molecule has 0 aliphatic heterocycles. The van der Waals surface area contributed by atoms with Crippen LogP contribution < -0.4 is 0 Å². The molecule has 0 heterocycles. The third kappa shape index (κ3) is 3.45. The molecule has 0 aromatic carbocycles. The first kappa shape index (κ1) is 15.6. The highest BCUT2D eigenvalue weighted by Gasteiger charge is 2.45. The molecule has 0 spiro atoms. The van der Waals surface area contributed by atoms with Gasteiger partial charge in [0.2, 0.25) is 0 Å². The van der Waals surface area contributed by atoms with Gasteiger partial charge in [0.05, 0.1) is 0 Å². The maximum absolute atomic E-state index is 12.1. The summed E-state index contributed by atoms with van der Waals surface area (Å²) >= 11 is 0. The second-order valence-corrected chi connectivity index (χ2v) is 6.92. The van der Waals surface area contributed by atoms with Crippen LogP contribution in [-0.2, 0) is 9.53 Å². The molecular formula is C18H30O2. The molecule has 0 atom stereocenters. The third-order valence-corrected chi connectivity index (χ3v) is 5.52. The average molecular weight is 278 g/mol. The number of ether oxygens (including phenoxy) is 1. The summed E-state index contributed by atoms with van der Waals surface area (Å²) in [6.07, 6.45) is 12.2. The summed E-state index contributed by atoms with van der Waals surface area (Å²) in [6, 6.07) is 0. The number of rotatable bonds is 4. The first-order valence-electron chi connectivity index (χ1n) is 8.46. The lowest BCUT2D eigenvalue weighted by atomic mass is 9.67. The number of hydrogen-bond donors (Lipinski definition) is 0. The van der Waals surface area contributed by atoms with Crippen molar-refractivity contribution in [1.29, 1.82) is 0 Å². The zero-order valence-corrected chi connectivity index (χ0v) is 13.2. The van der Waals surface area contributed by atoms with E-state index in [2.05, 4.69) is 13.5 Å². The van der Waals surface area contributed by atoms with Gasteiger partial charge in [-0.1, -0.05) is 39.2 Å². The summed E-state index contributed by atoms with van der Waals surface area (Å²) in [5.74, 6) is 1.23. The maximum Gasteiger partial charge on any atom is 0.333 e. The van der Waals surface area contributed by atoms with Crippen LogP contribution >= 0.6 is 0 Å². The highest BCUT2D eigenvalue weighted by atomic mass is 16.6. The minimum atomic E-state index is -0.178. The summed E-state index contributed by atoms with van der Waals surface area (Å²) < 4.78 is 6.03. The molecule has 2 aliphatic rings. The van der Waals surface area contributed by atoms with Crippen LogP contribution in [0.25, 0.3) is 0 Å².